The average Bonchev–Trinajstić information content (AvgIpc) is 2.74. The lowest BCUT2D eigenvalue weighted by molar-refractivity contribution is -0.277. The highest BCUT2D eigenvalue weighted by Gasteiger charge is 2.45. The Morgan fingerprint density at radius 1 is 0.848 bits per heavy atom. The van der Waals surface area contributed by atoms with Crippen molar-refractivity contribution >= 4 is 11.0 Å². The molecule has 2 aromatic carbocycles. The molecule has 3 aromatic rings. The number of phenols is 4. The summed E-state index contributed by atoms with van der Waals surface area (Å²) in [5.41, 5.74) is -1.31. The van der Waals surface area contributed by atoms with Gasteiger partial charge in [0.2, 0.25) is 17.5 Å². The van der Waals surface area contributed by atoms with Crippen LogP contribution in [0.15, 0.2) is 39.5 Å². The highest BCUT2D eigenvalue weighted by Crippen LogP contribution is 2.39. The Morgan fingerprint density at radius 3 is 2.12 bits per heavy atom. The van der Waals surface area contributed by atoms with Crippen molar-refractivity contribution in [1.29, 1.82) is 0 Å². The molecule has 2 heterocycles. The maximum Gasteiger partial charge on any atom is 0.239 e. The third kappa shape index (κ3) is 4.01. The smallest absolute Gasteiger partial charge is 0.239 e. The Bertz CT molecular complexity index is 1230. The van der Waals surface area contributed by atoms with E-state index < -0.39 is 76.9 Å². The van der Waals surface area contributed by atoms with E-state index in [4.69, 9.17) is 13.9 Å². The number of aliphatic hydroxyl groups excluding tert-OH is 4. The molecule has 1 aliphatic rings. The van der Waals surface area contributed by atoms with Gasteiger partial charge >= 0.3 is 0 Å². The number of rotatable bonds is 4. The van der Waals surface area contributed by atoms with Crippen LogP contribution >= 0.6 is 0 Å². The van der Waals surface area contributed by atoms with Gasteiger partial charge in [0.1, 0.15) is 58.4 Å². The topological polar surface area (TPSA) is 211 Å². The molecule has 0 amide bonds. The van der Waals surface area contributed by atoms with Gasteiger partial charge in [0.15, 0.2) is 5.76 Å². The van der Waals surface area contributed by atoms with Crippen LogP contribution < -0.4 is 10.2 Å². The molecule has 1 saturated heterocycles. The quantitative estimate of drug-likeness (QED) is 0.245. The molecule has 1 aliphatic heterocycles. The lowest BCUT2D eigenvalue weighted by Crippen LogP contribution is -2.60. The minimum atomic E-state index is -1.86. The van der Waals surface area contributed by atoms with Crippen molar-refractivity contribution in [2.45, 2.75) is 30.7 Å². The maximum absolute atomic E-state index is 13.3. The fraction of sp³-hybridized carbons (Fsp3) is 0.286. The maximum atomic E-state index is 13.3. The summed E-state index contributed by atoms with van der Waals surface area (Å²) in [6, 6.07) is 5.18. The number of ether oxygens (including phenoxy) is 2. The number of aliphatic hydroxyl groups is 4. The Labute approximate surface area is 184 Å². The van der Waals surface area contributed by atoms with E-state index in [1.165, 1.54) is 0 Å². The molecule has 12 heteroatoms. The van der Waals surface area contributed by atoms with E-state index in [1.807, 2.05) is 0 Å². The van der Waals surface area contributed by atoms with Gasteiger partial charge in [-0.2, -0.15) is 0 Å². The van der Waals surface area contributed by atoms with Crippen molar-refractivity contribution in [2.24, 2.45) is 0 Å². The number of phenolic OH excluding ortho intramolecular Hbond substituents is 4. The second kappa shape index (κ2) is 8.42. The van der Waals surface area contributed by atoms with E-state index in [9.17, 15) is 45.6 Å². The summed E-state index contributed by atoms with van der Waals surface area (Å²) in [6.07, 6.45) is -8.44. The molecule has 0 aliphatic carbocycles. The second-order valence-corrected chi connectivity index (χ2v) is 7.48. The van der Waals surface area contributed by atoms with Crippen LogP contribution in [-0.2, 0) is 4.74 Å². The summed E-state index contributed by atoms with van der Waals surface area (Å²) in [6.45, 7) is -0.746. The first-order chi connectivity index (χ1) is 15.6. The fourth-order valence-corrected chi connectivity index (χ4v) is 3.57. The predicted octanol–water partition coefficient (Wildman–Crippen LogP) is -0.539. The number of hydrogen-bond acceptors (Lipinski definition) is 12. The Morgan fingerprint density at radius 2 is 1.48 bits per heavy atom. The molecule has 0 unspecified atom stereocenters. The number of fused-ring (bicyclic) bond motifs is 1. The van der Waals surface area contributed by atoms with Crippen molar-refractivity contribution in [1.82, 2.24) is 0 Å². The zero-order valence-corrected chi connectivity index (χ0v) is 16.7. The van der Waals surface area contributed by atoms with Gasteiger partial charge in [0, 0.05) is 23.8 Å². The summed E-state index contributed by atoms with van der Waals surface area (Å²) in [5, 5.41) is 78.9. The molecule has 0 spiro atoms. The summed E-state index contributed by atoms with van der Waals surface area (Å²) < 4.78 is 16.4. The van der Waals surface area contributed by atoms with Crippen LogP contribution in [0, 0.1) is 0 Å². The fourth-order valence-electron chi connectivity index (χ4n) is 3.57. The normalized spacial score (nSPS) is 25.3. The number of benzene rings is 2. The molecule has 8 N–H and O–H groups in total. The number of hydrogen-bond donors (Lipinski definition) is 8. The molecular formula is C21H20O12. The minimum absolute atomic E-state index is 0.0612. The molecule has 1 aromatic heterocycles. The zero-order chi connectivity index (χ0) is 24.0. The largest absolute Gasteiger partial charge is 0.508 e. The summed E-state index contributed by atoms with van der Waals surface area (Å²) >= 11 is 0. The van der Waals surface area contributed by atoms with Gasteiger partial charge in [-0.3, -0.25) is 4.79 Å². The molecule has 0 bridgehead atoms. The van der Waals surface area contributed by atoms with E-state index in [0.29, 0.717) is 0 Å². The van der Waals surface area contributed by atoms with Gasteiger partial charge in [0.25, 0.3) is 0 Å². The zero-order valence-electron chi connectivity index (χ0n) is 16.7. The molecule has 0 saturated carbocycles. The van der Waals surface area contributed by atoms with Gasteiger partial charge < -0.3 is 54.7 Å². The molecule has 1 fully saturated rings. The van der Waals surface area contributed by atoms with Gasteiger partial charge in [-0.25, -0.2) is 0 Å². The Balaban J connectivity index is 1.92. The molecule has 12 nitrogen and oxygen atoms in total. The van der Waals surface area contributed by atoms with Crippen LogP contribution in [0.1, 0.15) is 0 Å². The van der Waals surface area contributed by atoms with Crippen molar-refractivity contribution in [3.8, 4) is 40.1 Å². The first-order valence-electron chi connectivity index (χ1n) is 9.64. The van der Waals surface area contributed by atoms with E-state index in [1.54, 1.807) is 0 Å². The monoisotopic (exact) mass is 464 g/mol. The van der Waals surface area contributed by atoms with Gasteiger partial charge in [-0.05, 0) is 12.1 Å². The highest BCUT2D eigenvalue weighted by atomic mass is 16.7. The Kier molecular flexibility index (Phi) is 5.78. The van der Waals surface area contributed by atoms with Crippen LogP contribution in [0.5, 0.6) is 28.7 Å². The lowest BCUT2D eigenvalue weighted by atomic mass is 9.99. The standard InChI is InChI=1S/C21H20O12/c22-6-13-15(27)17(29)18(30)21(32-13)33-20-16(28)14-11(26)4-10(25)5-12(14)31-19(20)7-1-8(23)3-9(24)2-7/h1-5,13,15,17-18,21-27,29-30H,6H2/t13-,15+,17-,18-,21+/m1/s1. The first kappa shape index (κ1) is 22.6. The second-order valence-electron chi connectivity index (χ2n) is 7.48. The van der Waals surface area contributed by atoms with Gasteiger partial charge in [0.05, 0.1) is 6.61 Å². The molecular weight excluding hydrogens is 444 g/mol. The van der Waals surface area contributed by atoms with Crippen LogP contribution in [0.4, 0.5) is 0 Å². The van der Waals surface area contributed by atoms with Gasteiger partial charge in [-0.15, -0.1) is 0 Å². The van der Waals surface area contributed by atoms with Crippen molar-refractivity contribution in [3.05, 3.63) is 40.6 Å². The lowest BCUT2D eigenvalue weighted by Gasteiger charge is -2.39. The van der Waals surface area contributed by atoms with E-state index in [-0.39, 0.29) is 16.9 Å². The third-order valence-electron chi connectivity index (χ3n) is 5.16. The van der Waals surface area contributed by atoms with Crippen molar-refractivity contribution in [2.75, 3.05) is 6.61 Å². The summed E-state index contributed by atoms with van der Waals surface area (Å²) in [7, 11) is 0. The van der Waals surface area contributed by atoms with Gasteiger partial charge in [-0.1, -0.05) is 0 Å². The number of aromatic hydroxyl groups is 4. The molecule has 5 atom stereocenters. The van der Waals surface area contributed by atoms with Crippen molar-refractivity contribution in [3.63, 3.8) is 0 Å². The molecule has 33 heavy (non-hydrogen) atoms. The molecule has 0 radical (unpaired) electrons. The van der Waals surface area contributed by atoms with Crippen LogP contribution in [0.25, 0.3) is 22.3 Å². The third-order valence-corrected chi connectivity index (χ3v) is 5.16. The van der Waals surface area contributed by atoms with Crippen LogP contribution in [0.2, 0.25) is 0 Å². The highest BCUT2D eigenvalue weighted by molar-refractivity contribution is 5.88. The van der Waals surface area contributed by atoms with Crippen LogP contribution in [0.3, 0.4) is 0 Å². The SMILES string of the molecule is O=c1c(O[C@@H]2O[C@H](CO)[C@H](O)[C@@H](O)[C@H]2O)c(-c2cc(O)cc(O)c2)oc2cc(O)cc(O)c12. The van der Waals surface area contributed by atoms with E-state index >= 15 is 0 Å². The summed E-state index contributed by atoms with van der Waals surface area (Å²) in [5.74, 6) is -2.91. The minimum Gasteiger partial charge on any atom is -0.508 e. The first-order valence-corrected chi connectivity index (χ1v) is 9.64. The van der Waals surface area contributed by atoms with E-state index in [2.05, 4.69) is 0 Å². The predicted molar refractivity (Wildman–Crippen MR) is 109 cm³/mol. The molecule has 4 rings (SSSR count). The molecule has 176 valence electrons. The van der Waals surface area contributed by atoms with E-state index in [0.717, 1.165) is 30.3 Å². The average molecular weight is 464 g/mol. The van der Waals surface area contributed by atoms with Crippen molar-refractivity contribution < 1.29 is 54.7 Å². The summed E-state index contributed by atoms with van der Waals surface area (Å²) in [4.78, 5) is 13.3. The van der Waals surface area contributed by atoms with Crippen LogP contribution in [-0.4, -0.2) is 78.2 Å². The Hall–Kier alpha value is -3.55.